The maximum atomic E-state index is 5.83. The quantitative estimate of drug-likeness (QED) is 0.667. The van der Waals surface area contributed by atoms with Crippen LogP contribution in [0, 0.1) is 5.92 Å². The molecule has 2 aliphatic rings. The van der Waals surface area contributed by atoms with Crippen LogP contribution < -0.4 is 5.73 Å². The lowest BCUT2D eigenvalue weighted by atomic mass is 9.77. The molecule has 0 aromatic carbocycles. The number of hydrogen-bond acceptors (Lipinski definition) is 2. The number of rotatable bonds is 1. The highest BCUT2D eigenvalue weighted by Crippen LogP contribution is 2.40. The Bertz CT molecular complexity index is 189. The summed E-state index contributed by atoms with van der Waals surface area (Å²) < 4.78 is 0. The topological polar surface area (TPSA) is 29.3 Å². The third-order valence-electron chi connectivity index (χ3n) is 4.25. The Labute approximate surface area is 81.5 Å². The number of nitrogens with two attached hydrogens (primary N) is 1. The largest absolute Gasteiger partial charge is 0.330 e. The number of fused-ring (bicyclic) bond motifs is 1. The number of nitrogens with zero attached hydrogens (tertiary/aromatic N) is 1. The van der Waals surface area contributed by atoms with Crippen LogP contribution in [0.25, 0.3) is 0 Å². The van der Waals surface area contributed by atoms with E-state index in [-0.39, 0.29) is 0 Å². The van der Waals surface area contributed by atoms with Crippen LogP contribution in [0.4, 0.5) is 0 Å². The summed E-state index contributed by atoms with van der Waals surface area (Å²) in [5, 5.41) is 0. The van der Waals surface area contributed by atoms with Gasteiger partial charge in [0.25, 0.3) is 0 Å². The van der Waals surface area contributed by atoms with Crippen molar-refractivity contribution in [2.24, 2.45) is 11.7 Å². The van der Waals surface area contributed by atoms with Gasteiger partial charge < -0.3 is 5.73 Å². The fraction of sp³-hybridized carbons (Fsp3) is 1.00. The SMILES string of the molecule is CC1(C)C(CN)CCC2CCCN21. The van der Waals surface area contributed by atoms with E-state index in [4.69, 9.17) is 5.73 Å². The molecule has 0 aromatic heterocycles. The fourth-order valence-corrected chi connectivity index (χ4v) is 3.28. The third-order valence-corrected chi connectivity index (χ3v) is 4.25. The second-order valence-corrected chi connectivity index (χ2v) is 5.15. The van der Waals surface area contributed by atoms with Crippen LogP contribution in [0.5, 0.6) is 0 Å². The molecule has 2 aliphatic heterocycles. The maximum absolute atomic E-state index is 5.83. The number of hydrogen-bond donors (Lipinski definition) is 1. The van der Waals surface area contributed by atoms with Gasteiger partial charge in [0.05, 0.1) is 0 Å². The summed E-state index contributed by atoms with van der Waals surface area (Å²) in [5.41, 5.74) is 6.19. The fourth-order valence-electron chi connectivity index (χ4n) is 3.28. The van der Waals surface area contributed by atoms with E-state index in [1.165, 1.54) is 32.2 Å². The molecule has 2 fully saturated rings. The van der Waals surface area contributed by atoms with Crippen molar-refractivity contribution in [3.05, 3.63) is 0 Å². The summed E-state index contributed by atoms with van der Waals surface area (Å²) >= 11 is 0. The van der Waals surface area contributed by atoms with Crippen molar-refractivity contribution in [2.45, 2.75) is 51.1 Å². The van der Waals surface area contributed by atoms with Crippen molar-refractivity contribution in [2.75, 3.05) is 13.1 Å². The predicted molar refractivity (Wildman–Crippen MR) is 55.6 cm³/mol. The van der Waals surface area contributed by atoms with E-state index in [0.717, 1.165) is 12.6 Å². The van der Waals surface area contributed by atoms with Crippen molar-refractivity contribution in [1.29, 1.82) is 0 Å². The van der Waals surface area contributed by atoms with Crippen molar-refractivity contribution < 1.29 is 0 Å². The molecule has 0 aromatic rings. The van der Waals surface area contributed by atoms with E-state index < -0.39 is 0 Å². The monoisotopic (exact) mass is 182 g/mol. The molecule has 0 saturated carbocycles. The molecule has 2 atom stereocenters. The van der Waals surface area contributed by atoms with Crippen LogP contribution in [0.15, 0.2) is 0 Å². The molecular weight excluding hydrogens is 160 g/mol. The van der Waals surface area contributed by atoms with E-state index in [1.54, 1.807) is 0 Å². The lowest BCUT2D eigenvalue weighted by Crippen LogP contribution is -2.56. The molecule has 0 aliphatic carbocycles. The van der Waals surface area contributed by atoms with E-state index in [1.807, 2.05) is 0 Å². The molecule has 2 rings (SSSR count). The highest BCUT2D eigenvalue weighted by atomic mass is 15.2. The van der Waals surface area contributed by atoms with Gasteiger partial charge in [-0.15, -0.1) is 0 Å². The van der Waals surface area contributed by atoms with Gasteiger partial charge in [-0.2, -0.15) is 0 Å². The Kier molecular flexibility index (Phi) is 2.37. The predicted octanol–water partition coefficient (Wildman–Crippen LogP) is 1.60. The molecule has 2 nitrogen and oxygen atoms in total. The summed E-state index contributed by atoms with van der Waals surface area (Å²) in [5.74, 6) is 0.710. The molecule has 2 saturated heterocycles. The van der Waals surface area contributed by atoms with Crippen LogP contribution in [0.1, 0.15) is 39.5 Å². The highest BCUT2D eigenvalue weighted by Gasteiger charge is 2.44. The molecule has 0 bridgehead atoms. The van der Waals surface area contributed by atoms with Crippen LogP contribution in [-0.2, 0) is 0 Å². The lowest BCUT2D eigenvalue weighted by molar-refractivity contribution is 0.00791. The summed E-state index contributed by atoms with van der Waals surface area (Å²) in [6.45, 7) is 6.91. The Morgan fingerprint density at radius 2 is 2.08 bits per heavy atom. The summed E-state index contributed by atoms with van der Waals surface area (Å²) in [7, 11) is 0. The number of piperidine rings is 1. The zero-order valence-corrected chi connectivity index (χ0v) is 8.92. The van der Waals surface area contributed by atoms with Gasteiger partial charge in [-0.3, -0.25) is 4.90 Å². The minimum Gasteiger partial charge on any atom is -0.330 e. The zero-order valence-electron chi connectivity index (χ0n) is 8.92. The first-order valence-electron chi connectivity index (χ1n) is 5.63. The average Bonchev–Trinajstić information content (AvgIpc) is 2.53. The van der Waals surface area contributed by atoms with E-state index in [2.05, 4.69) is 18.7 Å². The van der Waals surface area contributed by atoms with Crippen LogP contribution >= 0.6 is 0 Å². The zero-order chi connectivity index (χ0) is 9.47. The minimum absolute atomic E-state index is 0.355. The van der Waals surface area contributed by atoms with E-state index in [9.17, 15) is 0 Å². The van der Waals surface area contributed by atoms with Gasteiger partial charge >= 0.3 is 0 Å². The second-order valence-electron chi connectivity index (χ2n) is 5.15. The molecule has 2 unspecified atom stereocenters. The van der Waals surface area contributed by atoms with E-state index >= 15 is 0 Å². The van der Waals surface area contributed by atoms with E-state index in [0.29, 0.717) is 11.5 Å². The van der Waals surface area contributed by atoms with Crippen LogP contribution in [0.2, 0.25) is 0 Å². The summed E-state index contributed by atoms with van der Waals surface area (Å²) in [6.07, 6.45) is 5.53. The molecular formula is C11H22N2. The Hall–Kier alpha value is -0.0800. The van der Waals surface area contributed by atoms with Gasteiger partial charge in [0.15, 0.2) is 0 Å². The highest BCUT2D eigenvalue weighted by molar-refractivity contribution is 4.99. The van der Waals surface area contributed by atoms with Crippen molar-refractivity contribution in [3.63, 3.8) is 0 Å². The van der Waals surface area contributed by atoms with Crippen LogP contribution in [-0.4, -0.2) is 29.6 Å². The summed E-state index contributed by atoms with van der Waals surface area (Å²) in [4.78, 5) is 2.70. The Morgan fingerprint density at radius 1 is 1.31 bits per heavy atom. The van der Waals surface area contributed by atoms with Crippen molar-refractivity contribution in [3.8, 4) is 0 Å². The van der Waals surface area contributed by atoms with Gasteiger partial charge in [-0.25, -0.2) is 0 Å². The standard InChI is InChI=1S/C11H22N2/c1-11(2)9(8-12)5-6-10-4-3-7-13(10)11/h9-10H,3-8,12H2,1-2H3. The Morgan fingerprint density at radius 3 is 2.77 bits per heavy atom. The minimum atomic E-state index is 0.355. The Balaban J connectivity index is 2.15. The summed E-state index contributed by atoms with van der Waals surface area (Å²) in [6, 6.07) is 0.873. The van der Waals surface area contributed by atoms with Crippen molar-refractivity contribution >= 4 is 0 Å². The van der Waals surface area contributed by atoms with Gasteiger partial charge in [0, 0.05) is 11.6 Å². The molecule has 2 N–H and O–H groups in total. The molecule has 76 valence electrons. The van der Waals surface area contributed by atoms with Crippen LogP contribution in [0.3, 0.4) is 0 Å². The lowest BCUT2D eigenvalue weighted by Gasteiger charge is -2.49. The van der Waals surface area contributed by atoms with Gasteiger partial charge in [-0.1, -0.05) is 0 Å². The molecule has 2 heterocycles. The normalized spacial score (nSPS) is 39.0. The first kappa shape index (κ1) is 9.47. The first-order chi connectivity index (χ1) is 6.16. The molecule has 0 radical (unpaired) electrons. The van der Waals surface area contributed by atoms with Crippen molar-refractivity contribution in [1.82, 2.24) is 4.90 Å². The molecule has 13 heavy (non-hydrogen) atoms. The average molecular weight is 182 g/mol. The van der Waals surface area contributed by atoms with Gasteiger partial charge in [0.1, 0.15) is 0 Å². The first-order valence-corrected chi connectivity index (χ1v) is 5.63. The maximum Gasteiger partial charge on any atom is 0.0196 e. The third kappa shape index (κ3) is 1.40. The smallest absolute Gasteiger partial charge is 0.0196 e. The second kappa shape index (κ2) is 3.25. The molecule has 2 heteroatoms. The molecule has 0 amide bonds. The van der Waals surface area contributed by atoms with Gasteiger partial charge in [-0.05, 0) is 58.5 Å². The molecule has 0 spiro atoms. The van der Waals surface area contributed by atoms with Gasteiger partial charge in [0.2, 0.25) is 0 Å².